The van der Waals surface area contributed by atoms with Crippen LogP contribution in [0.2, 0.25) is 0 Å². The van der Waals surface area contributed by atoms with E-state index in [1.165, 1.54) is 0 Å². The highest BCUT2D eigenvalue weighted by atomic mass is 79.9. The summed E-state index contributed by atoms with van der Waals surface area (Å²) in [6.07, 6.45) is 2.71. The second-order valence-electron chi connectivity index (χ2n) is 8.86. The summed E-state index contributed by atoms with van der Waals surface area (Å²) in [6, 6.07) is 11.0. The van der Waals surface area contributed by atoms with Crippen LogP contribution >= 0.6 is 23.8 Å². The number of halogens is 1. The Morgan fingerprint density at radius 1 is 1.19 bits per heavy atom. The Kier molecular flexibility index (Phi) is 8.18. The van der Waals surface area contributed by atoms with Crippen LogP contribution in [0.25, 0.3) is 21.9 Å². The highest BCUT2D eigenvalue weighted by Crippen LogP contribution is 2.39. The van der Waals surface area contributed by atoms with Crippen molar-refractivity contribution in [1.82, 2.24) is 19.9 Å². The number of unbranched alkanes of at least 4 members (excludes halogenated alkanes) is 1. The van der Waals surface area contributed by atoms with E-state index in [0.717, 1.165) is 52.6 Å². The first-order valence-corrected chi connectivity index (χ1v) is 14.5. The number of aryl methyl sites for hydroxylation is 2. The monoisotopic (exact) mass is 589 g/mol. The molecule has 12 heteroatoms. The molecule has 2 aromatic heterocycles. The first-order chi connectivity index (χ1) is 17.6. The molecule has 0 radical (unpaired) electrons. The molecule has 0 fully saturated rings. The molecule has 2 heterocycles. The van der Waals surface area contributed by atoms with Gasteiger partial charge in [-0.2, -0.15) is 0 Å². The van der Waals surface area contributed by atoms with Gasteiger partial charge in [-0.25, -0.2) is 14.5 Å². The van der Waals surface area contributed by atoms with Crippen molar-refractivity contribution in [3.05, 3.63) is 58.9 Å². The molecule has 10 nitrogen and oxygen atoms in total. The summed E-state index contributed by atoms with van der Waals surface area (Å²) in [5.74, 6) is 1.26. The fourth-order valence-corrected chi connectivity index (χ4v) is 4.94. The Bertz CT molecular complexity index is 1520. The number of benzene rings is 2. The molecule has 0 aliphatic rings. The van der Waals surface area contributed by atoms with Gasteiger partial charge in [0.2, 0.25) is 5.91 Å². The molecule has 4 aromatic rings. The average Bonchev–Trinajstić information content (AvgIpc) is 3.21. The quantitative estimate of drug-likeness (QED) is 0.157. The maximum absolute atomic E-state index is 11.7. The number of alkyl halides is 1. The zero-order chi connectivity index (χ0) is 26.7. The molecule has 0 aliphatic carbocycles. The minimum atomic E-state index is -4.66. The molecule has 37 heavy (non-hydrogen) atoms. The fraction of sp³-hybridized carbons (Fsp3) is 0.320. The number of nitrogen functional groups attached to an aromatic ring is 1. The lowest BCUT2D eigenvalue weighted by atomic mass is 10.1. The van der Waals surface area contributed by atoms with Crippen LogP contribution in [0.15, 0.2) is 36.4 Å². The number of amides is 1. The standard InChI is InChI=1S/C25H29BrN5O5P/c1-3-4-5-21-30-23-24(31(21)14-17-7-9-20(15(2)10-17)36-37(33,34)35)18-11-16(13-28-22(32)12-26)6-8-19(18)29-25(23)27/h6-11H,3-5,12-14H2,1-2H3,(H2,27,29)(H,28,32)(H2,33,34,35). The summed E-state index contributed by atoms with van der Waals surface area (Å²) in [6.45, 7) is 4.71. The van der Waals surface area contributed by atoms with Crippen LogP contribution < -0.4 is 15.6 Å². The molecule has 2 aromatic carbocycles. The number of nitrogens with zero attached hydrogens (tertiary/aromatic N) is 3. The fourth-order valence-electron chi connectivity index (χ4n) is 4.28. The maximum Gasteiger partial charge on any atom is 0.524 e. The molecule has 5 N–H and O–H groups in total. The first-order valence-electron chi connectivity index (χ1n) is 11.8. The number of nitrogens with one attached hydrogen (secondary N) is 1. The number of fused-ring (bicyclic) bond motifs is 3. The van der Waals surface area contributed by atoms with Crippen LogP contribution in [-0.2, 0) is 28.9 Å². The van der Waals surface area contributed by atoms with Gasteiger partial charge >= 0.3 is 7.82 Å². The van der Waals surface area contributed by atoms with Crippen LogP contribution in [0, 0.1) is 6.92 Å². The van der Waals surface area contributed by atoms with Crippen molar-refractivity contribution in [1.29, 1.82) is 0 Å². The van der Waals surface area contributed by atoms with Crippen molar-refractivity contribution in [2.75, 3.05) is 11.1 Å². The zero-order valence-electron chi connectivity index (χ0n) is 20.6. The molecule has 0 saturated carbocycles. The summed E-state index contributed by atoms with van der Waals surface area (Å²) in [7, 11) is -4.66. The molecule has 1 amide bonds. The Morgan fingerprint density at radius 2 is 1.95 bits per heavy atom. The topological polar surface area (TPSA) is 153 Å². The van der Waals surface area contributed by atoms with Crippen LogP contribution in [0.4, 0.5) is 5.82 Å². The summed E-state index contributed by atoms with van der Waals surface area (Å²) >= 11 is 3.16. The van der Waals surface area contributed by atoms with E-state index >= 15 is 0 Å². The van der Waals surface area contributed by atoms with Gasteiger partial charge in [-0.15, -0.1) is 0 Å². The lowest BCUT2D eigenvalue weighted by Crippen LogP contribution is -2.23. The first kappa shape index (κ1) is 27.1. The van der Waals surface area contributed by atoms with Gasteiger partial charge in [0.25, 0.3) is 0 Å². The van der Waals surface area contributed by atoms with Crippen LogP contribution in [0.1, 0.15) is 42.3 Å². The number of rotatable bonds is 10. The van der Waals surface area contributed by atoms with Crippen LogP contribution in [0.3, 0.4) is 0 Å². The van der Waals surface area contributed by atoms with E-state index in [1.807, 2.05) is 24.3 Å². The number of anilines is 1. The van der Waals surface area contributed by atoms with E-state index in [1.54, 1.807) is 19.1 Å². The molecule has 0 saturated heterocycles. The molecule has 0 spiro atoms. The van der Waals surface area contributed by atoms with Gasteiger partial charge in [0.15, 0.2) is 5.82 Å². The van der Waals surface area contributed by atoms with Gasteiger partial charge in [0, 0.05) is 24.9 Å². The second kappa shape index (κ2) is 11.2. The zero-order valence-corrected chi connectivity index (χ0v) is 23.1. The van der Waals surface area contributed by atoms with Crippen LogP contribution in [-0.4, -0.2) is 35.6 Å². The molecule has 0 aliphatic heterocycles. The summed E-state index contributed by atoms with van der Waals surface area (Å²) < 4.78 is 18.2. The third kappa shape index (κ3) is 6.30. The van der Waals surface area contributed by atoms with Gasteiger partial charge < -0.3 is 20.1 Å². The number of nitrogens with two attached hydrogens (primary N) is 1. The summed E-state index contributed by atoms with van der Waals surface area (Å²) in [5.41, 5.74) is 11.0. The molecule has 196 valence electrons. The SMILES string of the molecule is CCCCc1nc2c(N)nc3ccc(CNC(=O)CBr)cc3c2n1Cc1ccc(OP(=O)(O)O)c(C)c1. The van der Waals surface area contributed by atoms with E-state index in [0.29, 0.717) is 30.0 Å². The molecule has 4 rings (SSSR count). The highest BCUT2D eigenvalue weighted by molar-refractivity contribution is 9.09. The van der Waals surface area contributed by atoms with E-state index < -0.39 is 7.82 Å². The van der Waals surface area contributed by atoms with Gasteiger partial charge in [0.05, 0.1) is 16.4 Å². The number of carbonyl (C=O) groups is 1. The number of phosphoric ester groups is 1. The lowest BCUT2D eigenvalue weighted by Gasteiger charge is -2.14. The smallest absolute Gasteiger partial charge is 0.404 e. The second-order valence-corrected chi connectivity index (χ2v) is 10.6. The van der Waals surface area contributed by atoms with E-state index in [2.05, 4.69) is 37.7 Å². The minimum absolute atomic E-state index is 0.103. The van der Waals surface area contributed by atoms with Gasteiger partial charge in [-0.05, 0) is 48.2 Å². The predicted molar refractivity (Wildman–Crippen MR) is 147 cm³/mol. The molecule has 0 bridgehead atoms. The number of hydrogen-bond donors (Lipinski definition) is 4. The Balaban J connectivity index is 1.83. The Morgan fingerprint density at radius 3 is 2.62 bits per heavy atom. The number of hydrogen-bond acceptors (Lipinski definition) is 6. The van der Waals surface area contributed by atoms with Crippen molar-refractivity contribution >= 4 is 57.4 Å². The van der Waals surface area contributed by atoms with Gasteiger partial charge in [-0.1, -0.05) is 47.5 Å². The Labute approximate surface area is 222 Å². The molecular formula is C25H29BrN5O5P. The van der Waals surface area contributed by atoms with E-state index in [9.17, 15) is 19.1 Å². The van der Waals surface area contributed by atoms with E-state index in [4.69, 9.17) is 15.2 Å². The molecular weight excluding hydrogens is 561 g/mol. The molecule has 0 unspecified atom stereocenters. The Hall–Kier alpha value is -2.98. The van der Waals surface area contributed by atoms with Crippen molar-refractivity contribution in [2.45, 2.75) is 46.2 Å². The number of aromatic nitrogens is 3. The average molecular weight is 590 g/mol. The highest BCUT2D eigenvalue weighted by Gasteiger charge is 2.20. The summed E-state index contributed by atoms with van der Waals surface area (Å²) in [4.78, 5) is 39.5. The van der Waals surface area contributed by atoms with Crippen LogP contribution in [0.5, 0.6) is 5.75 Å². The number of pyridine rings is 1. The summed E-state index contributed by atoms with van der Waals surface area (Å²) in [5, 5.41) is 3.98. The van der Waals surface area contributed by atoms with Crippen molar-refractivity contribution in [3.63, 3.8) is 0 Å². The third-order valence-corrected chi connectivity index (χ3v) is 6.95. The number of phosphoric acid groups is 1. The third-order valence-electron chi connectivity index (χ3n) is 6.01. The largest absolute Gasteiger partial charge is 0.524 e. The van der Waals surface area contributed by atoms with Crippen molar-refractivity contribution < 1.29 is 23.7 Å². The lowest BCUT2D eigenvalue weighted by molar-refractivity contribution is -0.118. The predicted octanol–water partition coefficient (Wildman–Crippen LogP) is 4.35. The normalized spacial score (nSPS) is 11.8. The maximum atomic E-state index is 11.7. The van der Waals surface area contributed by atoms with E-state index in [-0.39, 0.29) is 17.0 Å². The van der Waals surface area contributed by atoms with Crippen molar-refractivity contribution in [2.24, 2.45) is 0 Å². The molecule has 0 atom stereocenters. The number of carbonyl (C=O) groups excluding carboxylic acids is 1. The minimum Gasteiger partial charge on any atom is -0.404 e. The van der Waals surface area contributed by atoms with Crippen molar-refractivity contribution in [3.8, 4) is 5.75 Å². The van der Waals surface area contributed by atoms with Gasteiger partial charge in [-0.3, -0.25) is 14.6 Å². The number of imidazole rings is 1. The van der Waals surface area contributed by atoms with Gasteiger partial charge in [0.1, 0.15) is 17.1 Å².